The summed E-state index contributed by atoms with van der Waals surface area (Å²) >= 11 is 0. The number of hydrogen-bond acceptors (Lipinski definition) is 2. The minimum atomic E-state index is 0.0835. The van der Waals surface area contributed by atoms with E-state index >= 15 is 0 Å². The van der Waals surface area contributed by atoms with E-state index in [9.17, 15) is 4.79 Å². The van der Waals surface area contributed by atoms with Crippen molar-refractivity contribution in [2.75, 3.05) is 11.9 Å². The minimum Gasteiger partial charge on any atom is -0.494 e. The zero-order valence-electron chi connectivity index (χ0n) is 9.66. The number of amides is 1. The Morgan fingerprint density at radius 2 is 2.29 bits per heavy atom. The number of ether oxygens (including phenoxy) is 1. The summed E-state index contributed by atoms with van der Waals surface area (Å²) in [5.74, 6) is 3.51. The summed E-state index contributed by atoms with van der Waals surface area (Å²) in [7, 11) is 0. The molecule has 0 fully saturated rings. The normalized spacial score (nSPS) is 13.5. The summed E-state index contributed by atoms with van der Waals surface area (Å²) in [4.78, 5) is 11.2. The summed E-state index contributed by atoms with van der Waals surface area (Å²) in [6, 6.07) is 5.76. The van der Waals surface area contributed by atoms with Gasteiger partial charge in [0.1, 0.15) is 5.75 Å². The Morgan fingerprint density at radius 3 is 3.12 bits per heavy atom. The van der Waals surface area contributed by atoms with Crippen LogP contribution in [0.15, 0.2) is 18.2 Å². The number of terminal acetylenes is 1. The van der Waals surface area contributed by atoms with Crippen LogP contribution in [0.1, 0.15) is 24.8 Å². The molecule has 2 rings (SSSR count). The van der Waals surface area contributed by atoms with Crippen LogP contribution in [0.3, 0.4) is 0 Å². The molecule has 1 aromatic rings. The van der Waals surface area contributed by atoms with E-state index in [-0.39, 0.29) is 5.91 Å². The second-order valence-electron chi connectivity index (χ2n) is 4.02. The molecule has 1 N–H and O–H groups in total. The maximum Gasteiger partial charge on any atom is 0.224 e. The van der Waals surface area contributed by atoms with E-state index in [1.54, 1.807) is 0 Å². The second kappa shape index (κ2) is 5.40. The maximum absolute atomic E-state index is 11.2. The summed E-state index contributed by atoms with van der Waals surface area (Å²) < 4.78 is 5.59. The van der Waals surface area contributed by atoms with E-state index in [1.807, 2.05) is 18.2 Å². The van der Waals surface area contributed by atoms with Gasteiger partial charge in [-0.3, -0.25) is 4.79 Å². The molecule has 1 amide bonds. The van der Waals surface area contributed by atoms with Gasteiger partial charge in [0, 0.05) is 18.5 Å². The van der Waals surface area contributed by atoms with Gasteiger partial charge in [-0.1, -0.05) is 0 Å². The van der Waals surface area contributed by atoms with Gasteiger partial charge < -0.3 is 10.1 Å². The first-order valence-corrected chi connectivity index (χ1v) is 5.78. The van der Waals surface area contributed by atoms with Crippen LogP contribution in [0.5, 0.6) is 5.75 Å². The molecule has 0 aliphatic carbocycles. The number of aryl methyl sites for hydroxylation is 1. The molecule has 1 aromatic carbocycles. The first kappa shape index (κ1) is 11.5. The van der Waals surface area contributed by atoms with Crippen LogP contribution in [0.25, 0.3) is 0 Å². The average Bonchev–Trinajstić information content (AvgIpc) is 2.35. The molecule has 0 saturated heterocycles. The van der Waals surface area contributed by atoms with E-state index in [4.69, 9.17) is 11.2 Å². The number of nitrogens with one attached hydrogen (secondary N) is 1. The SMILES string of the molecule is C#CCCCOc1ccc2c(c1)CCC(=O)N2. The third-order valence-corrected chi connectivity index (χ3v) is 2.71. The molecule has 0 bridgehead atoms. The molecule has 0 aromatic heterocycles. The predicted octanol–water partition coefficient (Wildman–Crippen LogP) is 2.36. The minimum absolute atomic E-state index is 0.0835. The van der Waals surface area contributed by atoms with Crippen LogP contribution >= 0.6 is 0 Å². The van der Waals surface area contributed by atoms with Crippen LogP contribution in [-0.4, -0.2) is 12.5 Å². The van der Waals surface area contributed by atoms with Gasteiger partial charge in [0.15, 0.2) is 0 Å². The molecule has 0 unspecified atom stereocenters. The monoisotopic (exact) mass is 229 g/mol. The Labute approximate surface area is 101 Å². The van der Waals surface area contributed by atoms with Gasteiger partial charge in [0.2, 0.25) is 5.91 Å². The lowest BCUT2D eigenvalue weighted by atomic mass is 10.0. The van der Waals surface area contributed by atoms with Crippen molar-refractivity contribution in [3.05, 3.63) is 23.8 Å². The van der Waals surface area contributed by atoms with E-state index in [2.05, 4.69) is 11.2 Å². The van der Waals surface area contributed by atoms with Gasteiger partial charge in [-0.05, 0) is 36.6 Å². The number of fused-ring (bicyclic) bond motifs is 1. The lowest BCUT2D eigenvalue weighted by molar-refractivity contribution is -0.116. The molecule has 1 aliphatic rings. The molecule has 0 spiro atoms. The molecule has 0 atom stereocenters. The Balaban J connectivity index is 1.97. The Bertz CT molecular complexity index is 460. The van der Waals surface area contributed by atoms with Crippen molar-refractivity contribution in [1.29, 1.82) is 0 Å². The number of carbonyl (C=O) groups is 1. The highest BCUT2D eigenvalue weighted by atomic mass is 16.5. The average molecular weight is 229 g/mol. The zero-order valence-corrected chi connectivity index (χ0v) is 9.66. The predicted molar refractivity (Wildman–Crippen MR) is 67.0 cm³/mol. The molecule has 17 heavy (non-hydrogen) atoms. The molecular formula is C14H15NO2. The van der Waals surface area contributed by atoms with Gasteiger partial charge in [-0.15, -0.1) is 12.3 Å². The van der Waals surface area contributed by atoms with Crippen LogP contribution in [0, 0.1) is 12.3 Å². The van der Waals surface area contributed by atoms with E-state index in [0.29, 0.717) is 13.0 Å². The molecule has 1 heterocycles. The highest BCUT2D eigenvalue weighted by Crippen LogP contribution is 2.26. The number of anilines is 1. The van der Waals surface area contributed by atoms with Gasteiger partial charge >= 0.3 is 0 Å². The van der Waals surface area contributed by atoms with Crippen LogP contribution in [0.4, 0.5) is 5.69 Å². The zero-order chi connectivity index (χ0) is 12.1. The van der Waals surface area contributed by atoms with Crippen LogP contribution < -0.4 is 10.1 Å². The van der Waals surface area contributed by atoms with E-state index in [1.165, 1.54) is 0 Å². The topological polar surface area (TPSA) is 38.3 Å². The van der Waals surface area contributed by atoms with Gasteiger partial charge in [-0.25, -0.2) is 0 Å². The first-order valence-electron chi connectivity index (χ1n) is 5.78. The molecule has 0 saturated carbocycles. The van der Waals surface area contributed by atoms with Crippen molar-refractivity contribution >= 4 is 11.6 Å². The number of hydrogen-bond donors (Lipinski definition) is 1. The number of benzene rings is 1. The van der Waals surface area contributed by atoms with Crippen molar-refractivity contribution in [2.24, 2.45) is 0 Å². The van der Waals surface area contributed by atoms with Crippen LogP contribution in [0.2, 0.25) is 0 Å². The number of rotatable bonds is 4. The van der Waals surface area contributed by atoms with E-state index in [0.717, 1.165) is 36.3 Å². The van der Waals surface area contributed by atoms with Crippen LogP contribution in [-0.2, 0) is 11.2 Å². The fourth-order valence-electron chi connectivity index (χ4n) is 1.81. The van der Waals surface area contributed by atoms with Gasteiger partial charge in [0.05, 0.1) is 6.61 Å². The second-order valence-corrected chi connectivity index (χ2v) is 4.02. The van der Waals surface area contributed by atoms with E-state index < -0.39 is 0 Å². The highest BCUT2D eigenvalue weighted by Gasteiger charge is 2.14. The van der Waals surface area contributed by atoms with Crippen molar-refractivity contribution in [3.8, 4) is 18.1 Å². The highest BCUT2D eigenvalue weighted by molar-refractivity contribution is 5.93. The molecular weight excluding hydrogens is 214 g/mol. The summed E-state index contributed by atoms with van der Waals surface area (Å²) in [6.07, 6.45) is 8.10. The number of carbonyl (C=O) groups excluding carboxylic acids is 1. The smallest absolute Gasteiger partial charge is 0.224 e. The molecule has 3 nitrogen and oxygen atoms in total. The molecule has 88 valence electrons. The van der Waals surface area contributed by atoms with Gasteiger partial charge in [0.25, 0.3) is 0 Å². The maximum atomic E-state index is 11.2. The number of unbranched alkanes of at least 4 members (excludes halogenated alkanes) is 1. The van der Waals surface area contributed by atoms with Gasteiger partial charge in [-0.2, -0.15) is 0 Å². The van der Waals surface area contributed by atoms with Crippen molar-refractivity contribution in [2.45, 2.75) is 25.7 Å². The Kier molecular flexibility index (Phi) is 3.66. The first-order chi connectivity index (χ1) is 8.29. The quantitative estimate of drug-likeness (QED) is 0.636. The fourth-order valence-corrected chi connectivity index (χ4v) is 1.81. The fraction of sp³-hybridized carbons (Fsp3) is 0.357. The molecule has 1 aliphatic heterocycles. The lowest BCUT2D eigenvalue weighted by Gasteiger charge is -2.17. The third-order valence-electron chi connectivity index (χ3n) is 2.71. The standard InChI is InChI=1S/C14H15NO2/c1-2-3-4-9-17-12-6-7-13-11(10-12)5-8-14(16)15-13/h1,6-7,10H,3-5,8-9H2,(H,15,16). The molecule has 3 heteroatoms. The lowest BCUT2D eigenvalue weighted by Crippen LogP contribution is -2.18. The van der Waals surface area contributed by atoms with Crippen molar-refractivity contribution < 1.29 is 9.53 Å². The molecule has 0 radical (unpaired) electrons. The largest absolute Gasteiger partial charge is 0.494 e. The summed E-state index contributed by atoms with van der Waals surface area (Å²) in [5.41, 5.74) is 2.04. The van der Waals surface area contributed by atoms with Crippen molar-refractivity contribution in [1.82, 2.24) is 0 Å². The summed E-state index contributed by atoms with van der Waals surface area (Å²) in [5, 5.41) is 2.84. The third kappa shape index (κ3) is 3.01. The Morgan fingerprint density at radius 1 is 1.41 bits per heavy atom. The van der Waals surface area contributed by atoms with Crippen molar-refractivity contribution in [3.63, 3.8) is 0 Å². The summed E-state index contributed by atoms with van der Waals surface area (Å²) in [6.45, 7) is 0.634. The Hall–Kier alpha value is -1.95.